The summed E-state index contributed by atoms with van der Waals surface area (Å²) in [6, 6.07) is -0.148. The number of hydrogen-bond donors (Lipinski definition) is 0. The van der Waals surface area contributed by atoms with Crippen LogP contribution in [0, 0.1) is 0 Å². The number of rotatable bonds is 5. The molecule has 21 heavy (non-hydrogen) atoms. The van der Waals surface area contributed by atoms with Gasteiger partial charge in [0.05, 0.1) is 6.61 Å². The lowest BCUT2D eigenvalue weighted by Gasteiger charge is -2.33. The number of nitrogens with zero attached hydrogens (tertiary/aromatic N) is 3. The van der Waals surface area contributed by atoms with Gasteiger partial charge in [0.1, 0.15) is 6.04 Å². The maximum Gasteiger partial charge on any atom is 0.323 e. The quantitative estimate of drug-likeness (QED) is 0.678. The van der Waals surface area contributed by atoms with Crippen LogP contribution < -0.4 is 0 Å². The number of ether oxygens (including phenoxy) is 1. The second-order valence-corrected chi connectivity index (χ2v) is 5.88. The van der Waals surface area contributed by atoms with Gasteiger partial charge in [-0.15, -0.1) is 0 Å². The summed E-state index contributed by atoms with van der Waals surface area (Å²) in [7, 11) is 2.08. The van der Waals surface area contributed by atoms with Crippen molar-refractivity contribution in [1.82, 2.24) is 14.7 Å². The van der Waals surface area contributed by atoms with Crippen molar-refractivity contribution in [3.05, 3.63) is 0 Å². The predicted octanol–water partition coefficient (Wildman–Crippen LogP) is 0.178. The van der Waals surface area contributed by atoms with Gasteiger partial charge in [-0.3, -0.25) is 14.5 Å². The van der Waals surface area contributed by atoms with Gasteiger partial charge < -0.3 is 14.5 Å². The fourth-order valence-corrected chi connectivity index (χ4v) is 3.05. The number of amides is 1. The lowest BCUT2D eigenvalue weighted by molar-refractivity contribution is -0.149. The Kier molecular flexibility index (Phi) is 5.99. The first-order valence-corrected chi connectivity index (χ1v) is 7.99. The maximum absolute atomic E-state index is 12.2. The Hall–Kier alpha value is -1.14. The van der Waals surface area contributed by atoms with E-state index >= 15 is 0 Å². The Labute approximate surface area is 127 Å². The van der Waals surface area contributed by atoms with E-state index in [0.29, 0.717) is 19.6 Å². The van der Waals surface area contributed by atoms with Gasteiger partial charge in [-0.05, 0) is 33.4 Å². The van der Waals surface area contributed by atoms with Crippen molar-refractivity contribution >= 4 is 11.9 Å². The number of hydrogen-bond acceptors (Lipinski definition) is 5. The second-order valence-electron chi connectivity index (χ2n) is 5.88. The molecule has 1 atom stereocenters. The van der Waals surface area contributed by atoms with Crippen molar-refractivity contribution in [2.75, 3.05) is 52.9 Å². The zero-order chi connectivity index (χ0) is 15.2. The average molecular weight is 297 g/mol. The Bertz CT molecular complexity index is 367. The predicted molar refractivity (Wildman–Crippen MR) is 79.9 cm³/mol. The number of carbonyl (C=O) groups excluding carboxylic acids is 2. The van der Waals surface area contributed by atoms with E-state index in [1.807, 2.05) is 11.8 Å². The largest absolute Gasteiger partial charge is 0.465 e. The molecule has 0 N–H and O–H groups in total. The van der Waals surface area contributed by atoms with Crippen LogP contribution >= 0.6 is 0 Å². The van der Waals surface area contributed by atoms with Crippen LogP contribution in [0.15, 0.2) is 0 Å². The first kappa shape index (κ1) is 16.2. The monoisotopic (exact) mass is 297 g/mol. The lowest BCUT2D eigenvalue weighted by atomic mass is 10.2. The molecule has 1 amide bonds. The average Bonchev–Trinajstić information content (AvgIpc) is 2.94. The summed E-state index contributed by atoms with van der Waals surface area (Å²) in [4.78, 5) is 30.4. The van der Waals surface area contributed by atoms with Gasteiger partial charge in [-0.25, -0.2) is 0 Å². The van der Waals surface area contributed by atoms with E-state index < -0.39 is 0 Å². The fourth-order valence-electron chi connectivity index (χ4n) is 3.05. The third-order valence-electron chi connectivity index (χ3n) is 4.39. The number of likely N-dealkylation sites (tertiary alicyclic amines) is 1. The summed E-state index contributed by atoms with van der Waals surface area (Å²) in [5.74, 6) is 0.0691. The summed E-state index contributed by atoms with van der Waals surface area (Å²) in [6.07, 6.45) is 2.35. The van der Waals surface area contributed by atoms with Gasteiger partial charge in [0, 0.05) is 39.1 Å². The first-order chi connectivity index (χ1) is 10.1. The Morgan fingerprint density at radius 2 is 1.86 bits per heavy atom. The Balaban J connectivity index is 1.76. The summed E-state index contributed by atoms with van der Waals surface area (Å²) in [5, 5.41) is 0. The van der Waals surface area contributed by atoms with Crippen LogP contribution in [0.2, 0.25) is 0 Å². The van der Waals surface area contributed by atoms with Gasteiger partial charge in [-0.2, -0.15) is 0 Å². The summed E-state index contributed by atoms with van der Waals surface area (Å²) >= 11 is 0. The number of carbonyl (C=O) groups is 2. The van der Waals surface area contributed by atoms with E-state index in [4.69, 9.17) is 4.74 Å². The standard InChI is InChI=1S/C15H27N3O3/c1-3-21-15(20)13-5-4-7-17(13)8-6-14(19)18-11-9-16(2)10-12-18/h13H,3-12H2,1-2H3/t13-/m1/s1. The van der Waals surface area contributed by atoms with E-state index in [-0.39, 0.29) is 17.9 Å². The molecule has 0 aromatic heterocycles. The van der Waals surface area contributed by atoms with Crippen LogP contribution in [0.1, 0.15) is 26.2 Å². The Morgan fingerprint density at radius 1 is 1.14 bits per heavy atom. The molecule has 0 aromatic carbocycles. The normalized spacial score (nSPS) is 24.3. The molecule has 0 spiro atoms. The lowest BCUT2D eigenvalue weighted by Crippen LogP contribution is -2.48. The van der Waals surface area contributed by atoms with Crippen molar-refractivity contribution in [2.45, 2.75) is 32.2 Å². The van der Waals surface area contributed by atoms with E-state index in [0.717, 1.165) is 45.6 Å². The molecule has 2 rings (SSSR count). The van der Waals surface area contributed by atoms with Crippen molar-refractivity contribution < 1.29 is 14.3 Å². The van der Waals surface area contributed by atoms with Gasteiger partial charge >= 0.3 is 5.97 Å². The van der Waals surface area contributed by atoms with E-state index in [1.54, 1.807) is 0 Å². The molecule has 0 unspecified atom stereocenters. The molecular formula is C15H27N3O3. The van der Waals surface area contributed by atoms with Crippen molar-refractivity contribution in [1.29, 1.82) is 0 Å². The number of piperazine rings is 1. The molecule has 2 aliphatic heterocycles. The molecule has 6 nitrogen and oxygen atoms in total. The summed E-state index contributed by atoms with van der Waals surface area (Å²) in [6.45, 7) is 7.32. The summed E-state index contributed by atoms with van der Waals surface area (Å²) in [5.41, 5.74) is 0. The van der Waals surface area contributed by atoms with E-state index in [9.17, 15) is 9.59 Å². The van der Waals surface area contributed by atoms with Crippen molar-refractivity contribution in [2.24, 2.45) is 0 Å². The van der Waals surface area contributed by atoms with Gasteiger partial charge in [0.15, 0.2) is 0 Å². The van der Waals surface area contributed by atoms with Crippen LogP contribution in [0.3, 0.4) is 0 Å². The minimum atomic E-state index is -0.148. The molecule has 0 radical (unpaired) electrons. The molecule has 0 aliphatic carbocycles. The molecule has 2 saturated heterocycles. The van der Waals surface area contributed by atoms with Crippen molar-refractivity contribution in [3.63, 3.8) is 0 Å². The third-order valence-corrected chi connectivity index (χ3v) is 4.39. The van der Waals surface area contributed by atoms with Crippen LogP contribution in [0.25, 0.3) is 0 Å². The van der Waals surface area contributed by atoms with Crippen LogP contribution in [-0.2, 0) is 14.3 Å². The zero-order valence-electron chi connectivity index (χ0n) is 13.2. The molecule has 120 valence electrons. The minimum Gasteiger partial charge on any atom is -0.465 e. The molecule has 0 aromatic rings. The molecular weight excluding hydrogens is 270 g/mol. The summed E-state index contributed by atoms with van der Waals surface area (Å²) < 4.78 is 5.11. The van der Waals surface area contributed by atoms with Crippen LogP contribution in [-0.4, -0.2) is 85.5 Å². The minimum absolute atomic E-state index is 0.137. The van der Waals surface area contributed by atoms with Gasteiger partial charge in [0.25, 0.3) is 0 Å². The SMILES string of the molecule is CCOC(=O)[C@H]1CCCN1CCC(=O)N1CCN(C)CC1. The van der Waals surface area contributed by atoms with Gasteiger partial charge in [0.2, 0.25) is 5.91 Å². The van der Waals surface area contributed by atoms with Crippen LogP contribution in [0.5, 0.6) is 0 Å². The van der Waals surface area contributed by atoms with Crippen molar-refractivity contribution in [3.8, 4) is 0 Å². The molecule has 2 aliphatic rings. The maximum atomic E-state index is 12.2. The molecule has 2 heterocycles. The van der Waals surface area contributed by atoms with E-state index in [2.05, 4.69) is 16.8 Å². The van der Waals surface area contributed by atoms with Crippen LogP contribution in [0.4, 0.5) is 0 Å². The van der Waals surface area contributed by atoms with E-state index in [1.165, 1.54) is 0 Å². The number of esters is 1. The Morgan fingerprint density at radius 3 is 2.52 bits per heavy atom. The smallest absolute Gasteiger partial charge is 0.323 e. The second kappa shape index (κ2) is 7.75. The number of likely N-dealkylation sites (N-methyl/N-ethyl adjacent to an activating group) is 1. The highest BCUT2D eigenvalue weighted by atomic mass is 16.5. The molecule has 6 heteroatoms. The zero-order valence-corrected chi connectivity index (χ0v) is 13.2. The highest BCUT2D eigenvalue weighted by Crippen LogP contribution is 2.19. The molecule has 2 fully saturated rings. The van der Waals surface area contributed by atoms with Gasteiger partial charge in [-0.1, -0.05) is 0 Å². The fraction of sp³-hybridized carbons (Fsp3) is 0.867. The highest BCUT2D eigenvalue weighted by molar-refractivity contribution is 5.77. The third kappa shape index (κ3) is 4.41. The first-order valence-electron chi connectivity index (χ1n) is 7.99. The topological polar surface area (TPSA) is 53.1 Å². The molecule has 0 bridgehead atoms. The molecule has 0 saturated carbocycles. The highest BCUT2D eigenvalue weighted by Gasteiger charge is 2.32.